The molecule has 0 radical (unpaired) electrons. The van der Waals surface area contributed by atoms with Crippen LogP contribution in [0.1, 0.15) is 91.2 Å². The summed E-state index contributed by atoms with van der Waals surface area (Å²) < 4.78 is 12.1. The number of ether oxygens (including phenoxy) is 2. The second-order valence-corrected chi connectivity index (χ2v) is 10.6. The maximum atomic E-state index is 9.90. The fourth-order valence-electron chi connectivity index (χ4n) is 4.70. The summed E-state index contributed by atoms with van der Waals surface area (Å²) in [5, 5.41) is 19.8. The first-order valence-corrected chi connectivity index (χ1v) is 16.2. The maximum absolute atomic E-state index is 9.90. The predicted octanol–water partition coefficient (Wildman–Crippen LogP) is 8.31. The second-order valence-electron chi connectivity index (χ2n) is 10.6. The number of hydrogen-bond donors (Lipinski definition) is 0. The van der Waals surface area contributed by atoms with Crippen molar-refractivity contribution in [3.63, 3.8) is 0 Å². The number of rotatable bonds is 20. The number of aliphatic imine (C=N–C) groups is 2. The van der Waals surface area contributed by atoms with Gasteiger partial charge in [0.2, 0.25) is 0 Å². The van der Waals surface area contributed by atoms with Crippen molar-refractivity contribution in [1.82, 2.24) is 0 Å². The van der Waals surface area contributed by atoms with Crippen LogP contribution in [0.4, 0.5) is 11.4 Å². The predicted molar refractivity (Wildman–Crippen MR) is 183 cm³/mol. The summed E-state index contributed by atoms with van der Waals surface area (Å²) in [6.07, 6.45) is 9.08. The van der Waals surface area contributed by atoms with Gasteiger partial charge in [-0.3, -0.25) is 0 Å². The fraction of sp³-hybridized carbons (Fsp3) is 0.500. The van der Waals surface area contributed by atoms with Crippen LogP contribution in [0.5, 0.6) is 11.5 Å². The van der Waals surface area contributed by atoms with Gasteiger partial charge in [-0.15, -0.1) is 0 Å². The first-order chi connectivity index (χ1) is 21.5. The lowest BCUT2D eigenvalue weighted by molar-refractivity contribution is 0.317. The Morgan fingerprint density at radius 1 is 0.614 bits per heavy atom. The van der Waals surface area contributed by atoms with Gasteiger partial charge in [0, 0.05) is 73.2 Å². The van der Waals surface area contributed by atoms with E-state index in [0.29, 0.717) is 24.7 Å². The molecular formula is C36H50N6O2. The van der Waals surface area contributed by atoms with Crippen LogP contribution >= 0.6 is 0 Å². The van der Waals surface area contributed by atoms with Gasteiger partial charge < -0.3 is 19.3 Å². The van der Waals surface area contributed by atoms with Crippen molar-refractivity contribution < 1.29 is 9.47 Å². The van der Waals surface area contributed by atoms with E-state index in [2.05, 4.69) is 61.3 Å². The standard InChI is InChI=1S/C36H50N6O2/c1-7-17-41(18-8-2)31-15-13-29(35(23-31)43-21-11-5)27-39-33(25-37)34(26-38)40-28-30-14-16-32(24-36(30)44-22-12-6)42(19-9-3)20-10-4/h13-16,23-24,27-28H,7-12,17-22H2,1-6H3/b34-33+,39-27?,40-28?. The molecule has 0 saturated carbocycles. The summed E-state index contributed by atoms with van der Waals surface area (Å²) >= 11 is 0. The molecule has 0 aliphatic heterocycles. The van der Waals surface area contributed by atoms with Crippen LogP contribution in [0, 0.1) is 22.7 Å². The van der Waals surface area contributed by atoms with E-state index in [0.717, 1.165) is 87.2 Å². The molecule has 0 bridgehead atoms. The minimum absolute atomic E-state index is 0.0717. The van der Waals surface area contributed by atoms with E-state index < -0.39 is 0 Å². The zero-order valence-corrected chi connectivity index (χ0v) is 27.6. The number of benzene rings is 2. The van der Waals surface area contributed by atoms with E-state index in [1.165, 1.54) is 0 Å². The van der Waals surface area contributed by atoms with Crippen molar-refractivity contribution in [1.29, 1.82) is 10.5 Å². The summed E-state index contributed by atoms with van der Waals surface area (Å²) in [6.45, 7) is 17.8. The van der Waals surface area contributed by atoms with Gasteiger partial charge in [0.1, 0.15) is 23.6 Å². The summed E-state index contributed by atoms with van der Waals surface area (Å²) in [4.78, 5) is 13.5. The van der Waals surface area contributed by atoms with E-state index >= 15 is 0 Å². The molecule has 8 nitrogen and oxygen atoms in total. The lowest BCUT2D eigenvalue weighted by Gasteiger charge is -2.24. The number of nitriles is 2. The Morgan fingerprint density at radius 3 is 1.27 bits per heavy atom. The summed E-state index contributed by atoms with van der Waals surface area (Å²) in [5.41, 5.74) is 3.51. The average Bonchev–Trinajstić information content (AvgIpc) is 3.04. The third-order valence-corrected chi connectivity index (χ3v) is 6.72. The number of nitrogens with zero attached hydrogens (tertiary/aromatic N) is 6. The van der Waals surface area contributed by atoms with Crippen LogP contribution in [-0.2, 0) is 0 Å². The van der Waals surface area contributed by atoms with Crippen LogP contribution in [0.3, 0.4) is 0 Å². The van der Waals surface area contributed by atoms with Gasteiger partial charge in [-0.05, 0) is 62.8 Å². The van der Waals surface area contributed by atoms with E-state index in [1.807, 2.05) is 48.5 Å². The van der Waals surface area contributed by atoms with Crippen LogP contribution in [0.15, 0.2) is 57.8 Å². The molecule has 8 heteroatoms. The molecule has 2 aromatic carbocycles. The zero-order valence-electron chi connectivity index (χ0n) is 27.6. The van der Waals surface area contributed by atoms with E-state index in [9.17, 15) is 10.5 Å². The molecule has 0 fully saturated rings. The summed E-state index contributed by atoms with van der Waals surface area (Å²) in [6, 6.07) is 16.2. The van der Waals surface area contributed by atoms with Gasteiger partial charge in [-0.1, -0.05) is 41.5 Å². The van der Waals surface area contributed by atoms with Gasteiger partial charge in [0.15, 0.2) is 11.4 Å². The Bertz CT molecular complexity index is 1220. The van der Waals surface area contributed by atoms with Crippen molar-refractivity contribution in [2.45, 2.75) is 80.1 Å². The summed E-state index contributed by atoms with van der Waals surface area (Å²) in [5.74, 6) is 1.39. The molecule has 0 N–H and O–H groups in total. The number of anilines is 2. The molecule has 0 aliphatic carbocycles. The van der Waals surface area contributed by atoms with Crippen LogP contribution < -0.4 is 19.3 Å². The second kappa shape index (κ2) is 20.6. The zero-order chi connectivity index (χ0) is 32.2. The monoisotopic (exact) mass is 598 g/mol. The first kappa shape index (κ1) is 35.9. The third-order valence-electron chi connectivity index (χ3n) is 6.72. The van der Waals surface area contributed by atoms with Gasteiger partial charge in [-0.25, -0.2) is 9.98 Å². The molecule has 2 rings (SSSR count). The van der Waals surface area contributed by atoms with Crippen LogP contribution in [0.25, 0.3) is 0 Å². The largest absolute Gasteiger partial charge is 0.493 e. The van der Waals surface area contributed by atoms with E-state index in [4.69, 9.17) is 9.47 Å². The van der Waals surface area contributed by atoms with Crippen molar-refractivity contribution in [2.24, 2.45) is 9.98 Å². The van der Waals surface area contributed by atoms with Gasteiger partial charge in [-0.2, -0.15) is 10.5 Å². The number of hydrogen-bond acceptors (Lipinski definition) is 8. The molecule has 0 unspecified atom stereocenters. The Hall–Kier alpha value is -4.30. The van der Waals surface area contributed by atoms with Crippen molar-refractivity contribution in [3.8, 4) is 23.6 Å². The van der Waals surface area contributed by atoms with Crippen LogP contribution in [0.2, 0.25) is 0 Å². The quantitative estimate of drug-likeness (QED) is 0.112. The molecule has 0 aromatic heterocycles. The Kier molecular flexibility index (Phi) is 16.8. The van der Waals surface area contributed by atoms with Gasteiger partial charge in [0.05, 0.1) is 13.2 Å². The smallest absolute Gasteiger partial charge is 0.176 e. The minimum atomic E-state index is -0.0717. The van der Waals surface area contributed by atoms with Crippen LogP contribution in [-0.4, -0.2) is 51.8 Å². The Balaban J connectivity index is 2.45. The van der Waals surface area contributed by atoms with E-state index in [1.54, 1.807) is 12.4 Å². The van der Waals surface area contributed by atoms with E-state index in [-0.39, 0.29) is 11.4 Å². The summed E-state index contributed by atoms with van der Waals surface area (Å²) in [7, 11) is 0. The fourth-order valence-corrected chi connectivity index (χ4v) is 4.70. The van der Waals surface area contributed by atoms with Gasteiger partial charge >= 0.3 is 0 Å². The molecule has 0 atom stereocenters. The lowest BCUT2D eigenvalue weighted by Crippen LogP contribution is -2.24. The highest BCUT2D eigenvalue weighted by Gasteiger charge is 2.12. The maximum Gasteiger partial charge on any atom is 0.176 e. The normalized spacial score (nSPS) is 11.7. The highest BCUT2D eigenvalue weighted by Crippen LogP contribution is 2.28. The SMILES string of the molecule is CCCOc1cc(N(CCC)CCC)ccc1C=N/C(C#N)=C(\C#N)N=Cc1ccc(N(CCC)CCC)cc1OCCC. The molecule has 236 valence electrons. The minimum Gasteiger partial charge on any atom is -0.493 e. The van der Waals surface area contributed by atoms with Crippen molar-refractivity contribution >= 4 is 23.8 Å². The molecule has 0 spiro atoms. The van der Waals surface area contributed by atoms with Crippen molar-refractivity contribution in [2.75, 3.05) is 49.2 Å². The molecule has 0 aliphatic rings. The van der Waals surface area contributed by atoms with Gasteiger partial charge in [0.25, 0.3) is 0 Å². The van der Waals surface area contributed by atoms with Crippen molar-refractivity contribution in [3.05, 3.63) is 58.9 Å². The molecule has 2 aromatic rings. The Labute approximate surface area is 265 Å². The molecule has 0 amide bonds. The molecular weight excluding hydrogens is 548 g/mol. The molecule has 44 heavy (non-hydrogen) atoms. The molecule has 0 saturated heterocycles. The highest BCUT2D eigenvalue weighted by atomic mass is 16.5. The average molecular weight is 599 g/mol. The first-order valence-electron chi connectivity index (χ1n) is 16.2. The Morgan fingerprint density at radius 2 is 0.977 bits per heavy atom. The third kappa shape index (κ3) is 11.1. The lowest BCUT2D eigenvalue weighted by atomic mass is 10.1. The topological polar surface area (TPSA) is 97.2 Å². The number of allylic oxidation sites excluding steroid dienone is 2. The highest BCUT2D eigenvalue weighted by molar-refractivity contribution is 5.87. The molecule has 0 heterocycles.